The van der Waals surface area contributed by atoms with Gasteiger partial charge < -0.3 is 4.43 Å². The van der Waals surface area contributed by atoms with Gasteiger partial charge in [0.25, 0.3) is 0 Å². The van der Waals surface area contributed by atoms with E-state index in [1.165, 1.54) is 0 Å². The summed E-state index contributed by atoms with van der Waals surface area (Å²) in [5, 5.41) is 8.39. The van der Waals surface area contributed by atoms with Gasteiger partial charge in [0.1, 0.15) is 6.07 Å². The van der Waals surface area contributed by atoms with Crippen molar-refractivity contribution >= 4 is 8.32 Å². The highest BCUT2D eigenvalue weighted by atomic mass is 28.4. The van der Waals surface area contributed by atoms with Crippen LogP contribution >= 0.6 is 0 Å². The highest BCUT2D eigenvalue weighted by molar-refractivity contribution is 6.69. The lowest BCUT2D eigenvalue weighted by molar-refractivity contribution is 0.305. The van der Waals surface area contributed by atoms with Crippen LogP contribution in [0.4, 0.5) is 0 Å². The number of hydrogen-bond donors (Lipinski definition) is 0. The first-order valence-electron chi connectivity index (χ1n) is 3.03. The van der Waals surface area contributed by atoms with Crippen LogP contribution < -0.4 is 0 Å². The first kappa shape index (κ1) is 9.23. The fourth-order valence-corrected chi connectivity index (χ4v) is 1.28. The second-order valence-corrected chi connectivity index (χ2v) is 7.37. The fourth-order valence-electron chi connectivity index (χ4n) is 0.451. The lowest BCUT2D eigenvalue weighted by Crippen LogP contribution is -2.30. The summed E-state index contributed by atoms with van der Waals surface area (Å²) in [6.45, 7) is 5.98. The van der Waals surface area contributed by atoms with Crippen molar-refractivity contribution in [3.8, 4) is 18.4 Å². The van der Waals surface area contributed by atoms with Crippen LogP contribution in [0.2, 0.25) is 19.6 Å². The van der Waals surface area contributed by atoms with Crippen LogP contribution in [-0.2, 0) is 4.43 Å². The molecule has 0 rings (SSSR count). The SMILES string of the molecule is C#CC(C#N)O[Si](C)(C)C. The Bertz CT molecular complexity index is 167. The van der Waals surface area contributed by atoms with Crippen LogP contribution in [0.15, 0.2) is 0 Å². The summed E-state index contributed by atoms with van der Waals surface area (Å²) < 4.78 is 5.28. The molecule has 3 heteroatoms. The van der Waals surface area contributed by atoms with Crippen molar-refractivity contribution in [3.05, 3.63) is 0 Å². The molecule has 0 aliphatic heterocycles. The number of hydrogen-bond acceptors (Lipinski definition) is 2. The Labute approximate surface area is 62.9 Å². The summed E-state index contributed by atoms with van der Waals surface area (Å²) in [7, 11) is -1.63. The summed E-state index contributed by atoms with van der Waals surface area (Å²) >= 11 is 0. The molecule has 0 radical (unpaired) electrons. The minimum Gasteiger partial charge on any atom is -0.393 e. The van der Waals surface area contributed by atoms with Crippen LogP contribution in [0.3, 0.4) is 0 Å². The molecule has 0 aromatic rings. The molecule has 0 aromatic heterocycles. The van der Waals surface area contributed by atoms with Crippen LogP contribution in [0.5, 0.6) is 0 Å². The molecule has 1 unspecified atom stereocenters. The summed E-state index contributed by atoms with van der Waals surface area (Å²) in [5.41, 5.74) is 0. The van der Waals surface area contributed by atoms with Crippen molar-refractivity contribution in [1.82, 2.24) is 0 Å². The van der Waals surface area contributed by atoms with Crippen LogP contribution in [-0.4, -0.2) is 14.4 Å². The van der Waals surface area contributed by atoms with Crippen molar-refractivity contribution in [2.45, 2.75) is 25.7 Å². The zero-order valence-corrected chi connectivity index (χ0v) is 7.51. The summed E-state index contributed by atoms with van der Waals surface area (Å²) in [4.78, 5) is 0. The zero-order chi connectivity index (χ0) is 8.20. The Morgan fingerprint density at radius 2 is 2.00 bits per heavy atom. The molecule has 10 heavy (non-hydrogen) atoms. The van der Waals surface area contributed by atoms with Gasteiger partial charge in [-0.15, -0.1) is 6.42 Å². The van der Waals surface area contributed by atoms with Crippen molar-refractivity contribution < 1.29 is 4.43 Å². The van der Waals surface area contributed by atoms with Gasteiger partial charge in [0.2, 0.25) is 0 Å². The lowest BCUT2D eigenvalue weighted by atomic mass is 10.4. The standard InChI is InChI=1S/C7H11NOSi/c1-5-7(6-8)9-10(2,3)4/h1,7H,2-4H3. The lowest BCUT2D eigenvalue weighted by Gasteiger charge is -2.17. The molecule has 0 amide bonds. The number of nitriles is 1. The topological polar surface area (TPSA) is 33.0 Å². The van der Waals surface area contributed by atoms with Crippen molar-refractivity contribution in [2.75, 3.05) is 0 Å². The van der Waals surface area contributed by atoms with E-state index < -0.39 is 14.4 Å². The number of terminal acetylenes is 1. The second kappa shape index (κ2) is 3.41. The van der Waals surface area contributed by atoms with Crippen molar-refractivity contribution in [2.24, 2.45) is 0 Å². The van der Waals surface area contributed by atoms with E-state index in [0.717, 1.165) is 0 Å². The molecule has 0 N–H and O–H groups in total. The zero-order valence-electron chi connectivity index (χ0n) is 6.51. The summed E-state index contributed by atoms with van der Waals surface area (Å²) in [6.07, 6.45) is 4.35. The van der Waals surface area contributed by atoms with Gasteiger partial charge in [-0.2, -0.15) is 5.26 Å². The first-order chi connectivity index (χ1) is 4.49. The van der Waals surface area contributed by atoms with E-state index in [1.807, 2.05) is 25.7 Å². The molecule has 0 saturated heterocycles. The average molecular weight is 153 g/mol. The Morgan fingerprint density at radius 3 is 2.10 bits per heavy atom. The Hall–Kier alpha value is -0.773. The third-order valence-corrected chi connectivity index (χ3v) is 1.68. The van der Waals surface area contributed by atoms with Gasteiger partial charge in [0, 0.05) is 0 Å². The van der Waals surface area contributed by atoms with E-state index in [-0.39, 0.29) is 0 Å². The molecule has 0 fully saturated rings. The number of rotatable bonds is 2. The second-order valence-electron chi connectivity index (χ2n) is 2.91. The quantitative estimate of drug-likeness (QED) is 0.443. The molecule has 0 heterocycles. The van der Waals surface area contributed by atoms with E-state index in [1.54, 1.807) is 0 Å². The Balaban J connectivity index is 3.94. The van der Waals surface area contributed by atoms with E-state index in [9.17, 15) is 0 Å². The molecule has 54 valence electrons. The van der Waals surface area contributed by atoms with E-state index in [0.29, 0.717) is 0 Å². The third-order valence-electron chi connectivity index (χ3n) is 0.740. The molecule has 0 aliphatic rings. The summed E-state index contributed by atoms with van der Waals surface area (Å²) in [6, 6.07) is 1.88. The molecule has 0 saturated carbocycles. The van der Waals surface area contributed by atoms with Gasteiger partial charge in [-0.05, 0) is 19.6 Å². The highest BCUT2D eigenvalue weighted by Gasteiger charge is 2.18. The van der Waals surface area contributed by atoms with Gasteiger partial charge in [-0.1, -0.05) is 5.92 Å². The monoisotopic (exact) mass is 153 g/mol. The highest BCUT2D eigenvalue weighted by Crippen LogP contribution is 2.05. The molecule has 1 atom stereocenters. The van der Waals surface area contributed by atoms with Gasteiger partial charge in [0.15, 0.2) is 14.4 Å². The van der Waals surface area contributed by atoms with Gasteiger partial charge in [0.05, 0.1) is 0 Å². The van der Waals surface area contributed by atoms with Gasteiger partial charge >= 0.3 is 0 Å². The van der Waals surface area contributed by atoms with E-state index in [4.69, 9.17) is 16.1 Å². The van der Waals surface area contributed by atoms with E-state index in [2.05, 4.69) is 5.92 Å². The largest absolute Gasteiger partial charge is 0.393 e. The van der Waals surface area contributed by atoms with Crippen LogP contribution in [0.25, 0.3) is 0 Å². The first-order valence-corrected chi connectivity index (χ1v) is 6.44. The number of nitrogens with zero attached hydrogens (tertiary/aromatic N) is 1. The Kier molecular flexibility index (Phi) is 3.15. The van der Waals surface area contributed by atoms with Gasteiger partial charge in [-0.3, -0.25) is 0 Å². The average Bonchev–Trinajstić information content (AvgIpc) is 1.81. The third kappa shape index (κ3) is 4.14. The fraction of sp³-hybridized carbons (Fsp3) is 0.571. The van der Waals surface area contributed by atoms with E-state index >= 15 is 0 Å². The molecule has 0 bridgehead atoms. The maximum atomic E-state index is 8.39. The van der Waals surface area contributed by atoms with Crippen LogP contribution in [0.1, 0.15) is 0 Å². The maximum Gasteiger partial charge on any atom is 0.195 e. The normalized spacial score (nSPS) is 13.3. The predicted octanol–water partition coefficient (Wildman–Crippen LogP) is 1.36. The molecule has 2 nitrogen and oxygen atoms in total. The smallest absolute Gasteiger partial charge is 0.195 e. The molecular formula is C7H11NOSi. The maximum absolute atomic E-state index is 8.39. The summed E-state index contributed by atoms with van der Waals surface area (Å²) in [5.74, 6) is 2.26. The van der Waals surface area contributed by atoms with Crippen molar-refractivity contribution in [1.29, 1.82) is 5.26 Å². The Morgan fingerprint density at radius 1 is 1.50 bits per heavy atom. The molecular weight excluding hydrogens is 142 g/mol. The van der Waals surface area contributed by atoms with Gasteiger partial charge in [-0.25, -0.2) is 0 Å². The predicted molar refractivity (Wildman–Crippen MR) is 42.7 cm³/mol. The minimum absolute atomic E-state index is 0.660. The van der Waals surface area contributed by atoms with Crippen LogP contribution in [0, 0.1) is 23.7 Å². The minimum atomic E-state index is -1.63. The van der Waals surface area contributed by atoms with Crippen molar-refractivity contribution in [3.63, 3.8) is 0 Å². The molecule has 0 aliphatic carbocycles. The molecule has 0 spiro atoms. The molecule has 0 aromatic carbocycles.